The molecule has 0 spiro atoms. The van der Waals surface area contributed by atoms with E-state index in [0.29, 0.717) is 5.69 Å². The summed E-state index contributed by atoms with van der Waals surface area (Å²) < 4.78 is 0. The van der Waals surface area contributed by atoms with Crippen molar-refractivity contribution in [1.82, 2.24) is 0 Å². The molecule has 0 aliphatic heterocycles. The predicted molar refractivity (Wildman–Crippen MR) is 44.9 cm³/mol. The average molecular weight is 163 g/mol. The zero-order valence-corrected chi connectivity index (χ0v) is 6.69. The van der Waals surface area contributed by atoms with Gasteiger partial charge < -0.3 is 5.11 Å². The van der Waals surface area contributed by atoms with E-state index in [1.807, 2.05) is 0 Å². The molecule has 1 aromatic rings. The molecule has 0 amide bonds. The first-order valence-electron chi connectivity index (χ1n) is 3.60. The van der Waals surface area contributed by atoms with E-state index >= 15 is 0 Å². The Labute approximate surface area is 70.4 Å². The van der Waals surface area contributed by atoms with E-state index in [2.05, 4.69) is 4.99 Å². The molecule has 0 aliphatic carbocycles. The van der Waals surface area contributed by atoms with Crippen LogP contribution in [0, 0.1) is 0 Å². The summed E-state index contributed by atoms with van der Waals surface area (Å²) >= 11 is 0. The summed E-state index contributed by atoms with van der Waals surface area (Å²) in [5.41, 5.74) is 1.36. The summed E-state index contributed by atoms with van der Waals surface area (Å²) in [5, 5.41) is 9.14. The number of hydrogen-bond donors (Lipinski definition) is 1. The Morgan fingerprint density at radius 2 is 2.00 bits per heavy atom. The minimum Gasteiger partial charge on any atom is -0.389 e. The van der Waals surface area contributed by atoms with Crippen LogP contribution in [0.1, 0.15) is 18.6 Å². The fourth-order valence-corrected chi connectivity index (χ4v) is 0.880. The van der Waals surface area contributed by atoms with Crippen molar-refractivity contribution in [3.63, 3.8) is 0 Å². The van der Waals surface area contributed by atoms with Gasteiger partial charge in [0.2, 0.25) is 6.08 Å². The second kappa shape index (κ2) is 3.81. The molecule has 0 heterocycles. The summed E-state index contributed by atoms with van der Waals surface area (Å²) in [5.74, 6) is 0. The lowest BCUT2D eigenvalue weighted by atomic mass is 10.1. The topological polar surface area (TPSA) is 49.7 Å². The van der Waals surface area contributed by atoms with E-state index in [1.165, 1.54) is 6.08 Å². The first kappa shape index (κ1) is 8.65. The molecule has 0 saturated heterocycles. The highest BCUT2D eigenvalue weighted by Gasteiger charge is 1.98. The number of benzene rings is 1. The maximum Gasteiger partial charge on any atom is 0.240 e. The van der Waals surface area contributed by atoms with Gasteiger partial charge in [-0.15, -0.1) is 0 Å². The monoisotopic (exact) mass is 163 g/mol. The molecule has 0 bridgehead atoms. The molecule has 0 unspecified atom stereocenters. The van der Waals surface area contributed by atoms with Crippen LogP contribution in [0.15, 0.2) is 29.3 Å². The maximum absolute atomic E-state index is 9.85. The van der Waals surface area contributed by atoms with E-state index in [0.717, 1.165) is 5.56 Å². The van der Waals surface area contributed by atoms with Gasteiger partial charge in [0.1, 0.15) is 0 Å². The molecule has 0 aromatic heterocycles. The van der Waals surface area contributed by atoms with Crippen LogP contribution in [0.25, 0.3) is 0 Å². The fourth-order valence-electron chi connectivity index (χ4n) is 0.880. The molecule has 3 heteroatoms. The number of rotatable bonds is 2. The quantitative estimate of drug-likeness (QED) is 0.533. The van der Waals surface area contributed by atoms with Crippen molar-refractivity contribution in [2.75, 3.05) is 0 Å². The Balaban J connectivity index is 2.92. The summed E-state index contributed by atoms with van der Waals surface area (Å²) in [6.07, 6.45) is 0.958. The van der Waals surface area contributed by atoms with Crippen molar-refractivity contribution in [2.45, 2.75) is 13.0 Å². The summed E-state index contributed by atoms with van der Waals surface area (Å²) in [4.78, 5) is 13.3. The minimum absolute atomic E-state index is 0.487. The molecule has 3 nitrogen and oxygen atoms in total. The van der Waals surface area contributed by atoms with E-state index in [-0.39, 0.29) is 0 Å². The molecular formula is C9H9NO2. The van der Waals surface area contributed by atoms with Gasteiger partial charge in [0.05, 0.1) is 11.8 Å². The molecule has 12 heavy (non-hydrogen) atoms. The van der Waals surface area contributed by atoms with Gasteiger partial charge in [0.15, 0.2) is 0 Å². The van der Waals surface area contributed by atoms with Crippen LogP contribution in [0.5, 0.6) is 0 Å². The molecule has 1 N–H and O–H groups in total. The Hall–Kier alpha value is -1.44. The Kier molecular flexibility index (Phi) is 2.75. The third-order valence-electron chi connectivity index (χ3n) is 1.55. The summed E-state index contributed by atoms with van der Waals surface area (Å²) in [6, 6.07) is 6.77. The van der Waals surface area contributed by atoms with E-state index in [4.69, 9.17) is 5.11 Å². The van der Waals surface area contributed by atoms with E-state index < -0.39 is 6.10 Å². The van der Waals surface area contributed by atoms with Gasteiger partial charge in [-0.25, -0.2) is 4.79 Å². The second-order valence-electron chi connectivity index (χ2n) is 2.47. The molecule has 0 aliphatic rings. The number of aliphatic hydroxyl groups is 1. The number of carbonyl (C=O) groups excluding carboxylic acids is 1. The van der Waals surface area contributed by atoms with Crippen LogP contribution in [0.3, 0.4) is 0 Å². The number of isocyanates is 1. The molecule has 62 valence electrons. The van der Waals surface area contributed by atoms with Gasteiger partial charge >= 0.3 is 0 Å². The zero-order chi connectivity index (χ0) is 8.97. The molecular weight excluding hydrogens is 154 g/mol. The number of aliphatic imine (C=N–C) groups is 1. The maximum atomic E-state index is 9.85. The van der Waals surface area contributed by atoms with Gasteiger partial charge in [0.25, 0.3) is 0 Å². The summed E-state index contributed by atoms with van der Waals surface area (Å²) in [7, 11) is 0. The van der Waals surface area contributed by atoms with Crippen LogP contribution in [0.2, 0.25) is 0 Å². The highest BCUT2D eigenvalue weighted by Crippen LogP contribution is 2.16. The first-order valence-corrected chi connectivity index (χ1v) is 3.60. The van der Waals surface area contributed by atoms with Crippen molar-refractivity contribution >= 4 is 11.8 Å². The van der Waals surface area contributed by atoms with Gasteiger partial charge in [0, 0.05) is 0 Å². The lowest BCUT2D eigenvalue weighted by molar-refractivity contribution is 0.199. The SMILES string of the molecule is C[C@@H](O)c1ccc(N=C=O)cc1. The van der Waals surface area contributed by atoms with Crippen LogP contribution < -0.4 is 0 Å². The normalized spacial score (nSPS) is 11.8. The molecule has 1 atom stereocenters. The first-order chi connectivity index (χ1) is 5.74. The van der Waals surface area contributed by atoms with Crippen molar-refractivity contribution in [3.8, 4) is 0 Å². The molecule has 0 fully saturated rings. The lowest BCUT2D eigenvalue weighted by Crippen LogP contribution is -1.88. The van der Waals surface area contributed by atoms with Crippen LogP contribution in [0.4, 0.5) is 5.69 Å². The molecule has 1 rings (SSSR count). The number of hydrogen-bond acceptors (Lipinski definition) is 3. The number of aliphatic hydroxyl groups excluding tert-OH is 1. The third kappa shape index (κ3) is 2.02. The van der Waals surface area contributed by atoms with Gasteiger partial charge in [-0.1, -0.05) is 12.1 Å². The number of nitrogens with zero attached hydrogens (tertiary/aromatic N) is 1. The minimum atomic E-state index is -0.487. The summed E-state index contributed by atoms with van der Waals surface area (Å²) in [6.45, 7) is 1.68. The zero-order valence-electron chi connectivity index (χ0n) is 6.69. The van der Waals surface area contributed by atoms with Crippen molar-refractivity contribution in [2.24, 2.45) is 4.99 Å². The molecule has 0 radical (unpaired) electrons. The van der Waals surface area contributed by atoms with Gasteiger partial charge in [-0.05, 0) is 24.6 Å². The highest BCUT2D eigenvalue weighted by atomic mass is 16.3. The fraction of sp³-hybridized carbons (Fsp3) is 0.222. The Morgan fingerprint density at radius 3 is 2.42 bits per heavy atom. The molecule has 0 saturated carbocycles. The predicted octanol–water partition coefficient (Wildman–Crippen LogP) is 1.71. The van der Waals surface area contributed by atoms with E-state index in [1.54, 1.807) is 31.2 Å². The van der Waals surface area contributed by atoms with Crippen molar-refractivity contribution in [1.29, 1.82) is 0 Å². The largest absolute Gasteiger partial charge is 0.389 e. The Morgan fingerprint density at radius 1 is 1.42 bits per heavy atom. The second-order valence-corrected chi connectivity index (χ2v) is 2.47. The Bertz CT molecular complexity index is 297. The third-order valence-corrected chi connectivity index (χ3v) is 1.55. The van der Waals surface area contributed by atoms with Crippen LogP contribution in [-0.2, 0) is 4.79 Å². The standard InChI is InChI=1S/C9H9NO2/c1-7(12)8-2-4-9(5-3-8)10-6-11/h2-5,7,12H,1H3/t7-/m1/s1. The van der Waals surface area contributed by atoms with Crippen molar-refractivity contribution in [3.05, 3.63) is 29.8 Å². The van der Waals surface area contributed by atoms with Crippen LogP contribution in [-0.4, -0.2) is 11.2 Å². The smallest absolute Gasteiger partial charge is 0.240 e. The highest BCUT2D eigenvalue weighted by molar-refractivity contribution is 5.49. The van der Waals surface area contributed by atoms with Crippen LogP contribution >= 0.6 is 0 Å². The molecule has 1 aromatic carbocycles. The lowest BCUT2D eigenvalue weighted by Gasteiger charge is -2.02. The van der Waals surface area contributed by atoms with E-state index in [9.17, 15) is 4.79 Å². The van der Waals surface area contributed by atoms with Crippen molar-refractivity contribution < 1.29 is 9.90 Å². The van der Waals surface area contributed by atoms with Gasteiger partial charge in [-0.2, -0.15) is 4.99 Å². The van der Waals surface area contributed by atoms with Gasteiger partial charge in [-0.3, -0.25) is 0 Å². The average Bonchev–Trinajstić information content (AvgIpc) is 2.06.